The molecule has 0 unspecified atom stereocenters. The molecule has 0 spiro atoms. The van der Waals surface area contributed by atoms with E-state index in [9.17, 15) is 0 Å². The predicted molar refractivity (Wildman–Crippen MR) is 15.5 cm³/mol. The third-order valence-corrected chi connectivity index (χ3v) is 0. The summed E-state index contributed by atoms with van der Waals surface area (Å²) in [5, 5.41) is 6.76. The van der Waals surface area contributed by atoms with Gasteiger partial charge in [0.1, 0.15) is 0 Å². The molecule has 0 rings (SSSR count). The molecule has 9 heavy (non-hydrogen) atoms. The van der Waals surface area contributed by atoms with E-state index in [1.54, 1.807) is 0 Å². The van der Waals surface area contributed by atoms with Crippen molar-refractivity contribution in [3.05, 3.63) is 0 Å². The molecule has 0 aliphatic heterocycles. The first-order chi connectivity index (χ1) is 1.41. The summed E-state index contributed by atoms with van der Waals surface area (Å²) in [5.74, 6) is 0. The first-order valence-corrected chi connectivity index (χ1v) is 0.428. The maximum Gasteiger partial charge on any atom is 0 e. The van der Waals surface area contributed by atoms with Gasteiger partial charge in [-0.2, -0.15) is 0 Å². The van der Waals surface area contributed by atoms with Gasteiger partial charge in [-0.15, -0.1) is 0 Å². The molecule has 0 aromatic carbocycles. The molecule has 0 radical (unpaired) electrons. The van der Waals surface area contributed by atoms with Crippen LogP contribution in [-0.4, -0.2) is 22.5 Å². The Balaban J connectivity index is -0.00000000133. The standard InChI is InChI=1S/CHO2.2H2O.4Rf/c2-1-3;;;;;;/h(H,2,3);2*1H2;;;;/q-1;;;;;;. The Kier molecular flexibility index (Phi) is 1.22. The minimum atomic E-state index is 0. The van der Waals surface area contributed by atoms with Crippen LogP contribution < -0.4 is 0 Å². The minimum Gasteiger partial charge on any atom is -0.665 e. The molecule has 0 fully saturated rings. The summed E-state index contributed by atoms with van der Waals surface area (Å²) in [4.78, 5) is 8.24. The summed E-state index contributed by atoms with van der Waals surface area (Å²) in [6.07, 6.45) is 0. The van der Waals surface area contributed by atoms with Crippen molar-refractivity contribution in [2.45, 2.75) is 0 Å². The van der Waals surface area contributed by atoms with Crippen LogP contribution in [0.3, 0.4) is 0 Å². The van der Waals surface area contributed by atoms with Crippen molar-refractivity contribution in [1.29, 1.82) is 0 Å². The molecule has 0 atom stereocenters. The second-order valence-corrected chi connectivity index (χ2v) is 0.0913. The second-order valence-electron chi connectivity index (χ2n) is 0.0913. The quantitative estimate of drug-likeness (QED) is 0.284. The summed E-state index contributed by atoms with van der Waals surface area (Å²) in [6, 6.07) is 0. The van der Waals surface area contributed by atoms with E-state index in [0.717, 1.165) is 0 Å². The van der Waals surface area contributed by atoms with Crippen molar-refractivity contribution < 1.29 is 20.9 Å². The monoisotopic (exact) mass is 1150 g/mol. The van der Waals surface area contributed by atoms with Gasteiger partial charge in [0, 0.05) is 0 Å². The summed E-state index contributed by atoms with van der Waals surface area (Å²) in [7, 11) is 0. The van der Waals surface area contributed by atoms with E-state index < -0.39 is 0 Å². The van der Waals surface area contributed by atoms with Crippen LogP contribution in [0.25, 0.3) is 0 Å². The number of rotatable bonds is 0. The molecule has 4 nitrogen and oxygen atoms in total. The predicted octanol–water partition coefficient (Wildman–Crippen LogP) is -2.04. The Morgan fingerprint density at radius 1 is 0.889 bits per heavy atom. The molecule has 0 bridgehead atoms. The van der Waals surface area contributed by atoms with Gasteiger partial charge in [-0.25, -0.2) is 0 Å². The average Bonchev–Trinajstić information content (AvgIpc) is 0.918. The van der Waals surface area contributed by atoms with Gasteiger partial charge >= 0.3 is 0 Å². The molecule has 0 saturated carbocycles. The van der Waals surface area contributed by atoms with Crippen molar-refractivity contribution in [3.63, 3.8) is 0 Å². The molecule has 0 amide bonds. The average molecular weight is 1150 g/mol. The number of hydrogen-bond donors (Lipinski definition) is 1. The van der Waals surface area contributed by atoms with Gasteiger partial charge in [-0.1, -0.05) is 6.47 Å². The van der Waals surface area contributed by atoms with Crippen LogP contribution >= 0.6 is 0 Å². The van der Waals surface area contributed by atoms with Gasteiger partial charge < -0.3 is 20.9 Å². The Bertz CT molecular complexity index is 20.0. The summed E-state index contributed by atoms with van der Waals surface area (Å²) < 4.78 is 0. The fourth-order valence-corrected chi connectivity index (χ4v) is 0. The first kappa shape index (κ1) is 7.41. The van der Waals surface area contributed by atoms with E-state index >= 15 is 0 Å². The SMILES string of the molecule is O.O.O=[C-]O.[Rf].[Rf].[Rf].[Rf]. The van der Waals surface area contributed by atoms with Crippen LogP contribution in [-0.2, 0) is 4.79 Å². The third kappa shape index (κ3) is 0.308. The van der Waals surface area contributed by atoms with Crippen molar-refractivity contribution >= 4 is 6.47 Å². The van der Waals surface area contributed by atoms with Crippen LogP contribution in [0.2, 0.25) is 0 Å². The Morgan fingerprint density at radius 2 is 0.889 bits per heavy atom. The van der Waals surface area contributed by atoms with Crippen LogP contribution in [0.1, 0.15) is 0 Å². The van der Waals surface area contributed by atoms with Gasteiger partial charge in [0.15, 0.2) is 0 Å². The van der Waals surface area contributed by atoms with Crippen LogP contribution in [0.4, 0.5) is 0 Å². The first-order valence-electron chi connectivity index (χ1n) is 0.428. The zero-order valence-corrected chi connectivity index (χ0v) is 30.8. The normalized spacial score (nSPS) is 1.33. The van der Waals surface area contributed by atoms with Crippen LogP contribution in [0.5, 0.6) is 0 Å². The molecule has 0 heterocycles. The maximum absolute atomic E-state index is 8.24. The summed E-state index contributed by atoms with van der Waals surface area (Å²) in [6.45, 7) is 0.500. The Hall–Kier alpha value is -4.61. The van der Waals surface area contributed by atoms with E-state index in [-0.39, 0.29) is 11.0 Å². The number of hydrogen-bond acceptors (Lipinski definition) is 1. The topological polar surface area (TPSA) is 100 Å². The zero-order chi connectivity index (χ0) is 2.71. The van der Waals surface area contributed by atoms with E-state index in [1.165, 1.54) is 0 Å². The second kappa shape index (κ2) is 1.49. The van der Waals surface area contributed by atoms with E-state index in [4.69, 9.17) is 9.90 Å². The molecular weight excluding hydrogens is 1140 g/mol. The molecule has 5 N–H and O–H groups in total. The molecule has 0 aromatic rings. The van der Waals surface area contributed by atoms with Crippen molar-refractivity contribution in [2.24, 2.45) is 0 Å². The third-order valence-electron chi connectivity index (χ3n) is 0. The van der Waals surface area contributed by atoms with E-state index in [0.29, 0.717) is 6.47 Å². The zero-order valence-electron chi connectivity index (χ0n) is 5.18. The Morgan fingerprint density at radius 3 is 0.889 bits per heavy atom. The molecule has 0 aromatic heterocycles. The summed E-state index contributed by atoms with van der Waals surface area (Å²) in [5.41, 5.74) is 0. The molecule has 0 aliphatic carbocycles. The molecule has 0 saturated heterocycles. The fourth-order valence-electron chi connectivity index (χ4n) is 0. The largest absolute Gasteiger partial charge is 0.665 e. The minimum absolute atomic E-state index is 0. The Labute approximate surface area is 28.7 Å². The maximum atomic E-state index is 8.24. The van der Waals surface area contributed by atoms with Gasteiger partial charge in [0.25, 0.3) is 0 Å². The van der Waals surface area contributed by atoms with Crippen molar-refractivity contribution in [3.8, 4) is 0 Å². The van der Waals surface area contributed by atoms with Crippen molar-refractivity contribution in [2.75, 3.05) is 0 Å². The van der Waals surface area contributed by atoms with E-state index in [2.05, 4.69) is 0 Å². The molecular formula is CH5O4Rf4-. The fraction of sp³-hybridized carbons (Fsp3) is 0. The van der Waals surface area contributed by atoms with Gasteiger partial charge in [-0.3, -0.25) is 0 Å². The van der Waals surface area contributed by atoms with Crippen LogP contribution in [0, 0.1) is 0 Å². The summed E-state index contributed by atoms with van der Waals surface area (Å²) >= 11 is 0. The molecule has 42 valence electrons. The smallest absolute Gasteiger partial charge is 0 e. The molecule has 8 heteroatoms. The molecule has 0 aliphatic rings. The number of aliphatic hydroxyl groups excluding tert-OH is 1. The van der Waals surface area contributed by atoms with Gasteiger partial charge in [0.2, 0.25) is 0 Å². The van der Waals surface area contributed by atoms with Gasteiger partial charge in [-0.05, 0) is 0 Å². The van der Waals surface area contributed by atoms with Crippen LogP contribution in [0.15, 0.2) is 0 Å². The van der Waals surface area contributed by atoms with Crippen molar-refractivity contribution in [1.82, 2.24) is 0 Å². The van der Waals surface area contributed by atoms with E-state index in [1.807, 2.05) is 0 Å². The van der Waals surface area contributed by atoms with Gasteiger partial charge in [0.05, 0.1) is 0 Å².